The van der Waals surface area contributed by atoms with Gasteiger partial charge in [0.05, 0.1) is 26.9 Å². The Morgan fingerprint density at radius 1 is 0.833 bits per heavy atom. The molecular formula is C36H49N5O7. The lowest BCUT2D eigenvalue weighted by Gasteiger charge is -2.29. The number of alkyl carbamates (subject to hydrolysis) is 2. The van der Waals surface area contributed by atoms with Crippen molar-refractivity contribution in [3.8, 4) is 16.9 Å². The second-order valence-electron chi connectivity index (χ2n) is 13.4. The SMILES string of the molecule is COC(=O)NC(C(=O)NNCc1ccc(-c2ccncc2)cc1)C(C)(C)C.COc1ccc(C[C@H](NC(=O)OC(C)(C)C)[C@@H]2CO2)cc1. The number of pyridine rings is 1. The Morgan fingerprint density at radius 3 is 1.94 bits per heavy atom. The third kappa shape index (κ3) is 13.2. The van der Waals surface area contributed by atoms with Crippen molar-refractivity contribution in [1.82, 2.24) is 26.5 Å². The largest absolute Gasteiger partial charge is 0.497 e. The molecule has 1 fully saturated rings. The summed E-state index contributed by atoms with van der Waals surface area (Å²) in [7, 11) is 2.90. The molecule has 0 spiro atoms. The van der Waals surface area contributed by atoms with Crippen molar-refractivity contribution < 1.29 is 33.3 Å². The summed E-state index contributed by atoms with van der Waals surface area (Å²) < 4.78 is 20.4. The summed E-state index contributed by atoms with van der Waals surface area (Å²) in [6, 6.07) is 18.9. The highest BCUT2D eigenvalue weighted by molar-refractivity contribution is 5.86. The van der Waals surface area contributed by atoms with Crippen LogP contribution in [0.3, 0.4) is 0 Å². The van der Waals surface area contributed by atoms with Crippen LogP contribution in [0.5, 0.6) is 5.75 Å². The van der Waals surface area contributed by atoms with Crippen LogP contribution in [0.2, 0.25) is 0 Å². The molecule has 3 amide bonds. The van der Waals surface area contributed by atoms with E-state index in [1.54, 1.807) is 19.5 Å². The minimum atomic E-state index is -0.730. The van der Waals surface area contributed by atoms with Gasteiger partial charge in [-0.3, -0.25) is 15.2 Å². The van der Waals surface area contributed by atoms with Crippen molar-refractivity contribution in [3.05, 3.63) is 84.2 Å². The molecule has 1 unspecified atom stereocenters. The minimum absolute atomic E-state index is 0.0691. The van der Waals surface area contributed by atoms with Crippen LogP contribution in [0.25, 0.3) is 11.1 Å². The van der Waals surface area contributed by atoms with Gasteiger partial charge < -0.3 is 29.6 Å². The molecule has 3 aromatic rings. The molecule has 1 aliphatic heterocycles. The normalized spacial score (nSPS) is 15.0. The van der Waals surface area contributed by atoms with Gasteiger partial charge in [-0.25, -0.2) is 15.0 Å². The Bertz CT molecular complexity index is 1450. The molecular weight excluding hydrogens is 614 g/mol. The molecule has 12 nitrogen and oxygen atoms in total. The van der Waals surface area contributed by atoms with E-state index in [0.717, 1.165) is 28.0 Å². The number of nitrogens with zero attached hydrogens (tertiary/aromatic N) is 1. The lowest BCUT2D eigenvalue weighted by molar-refractivity contribution is -0.126. The van der Waals surface area contributed by atoms with Crippen LogP contribution in [0.1, 0.15) is 52.7 Å². The number of hydrogen-bond acceptors (Lipinski definition) is 9. The number of epoxide rings is 1. The minimum Gasteiger partial charge on any atom is -0.497 e. The maximum Gasteiger partial charge on any atom is 0.407 e. The van der Waals surface area contributed by atoms with Gasteiger partial charge in [0.15, 0.2) is 0 Å². The van der Waals surface area contributed by atoms with Gasteiger partial charge in [0.25, 0.3) is 5.91 Å². The van der Waals surface area contributed by atoms with E-state index in [-0.39, 0.29) is 18.1 Å². The fourth-order valence-electron chi connectivity index (χ4n) is 4.55. The predicted molar refractivity (Wildman–Crippen MR) is 183 cm³/mol. The summed E-state index contributed by atoms with van der Waals surface area (Å²) in [6.45, 7) is 12.3. The molecule has 0 bridgehead atoms. The van der Waals surface area contributed by atoms with Gasteiger partial charge in [0, 0.05) is 18.9 Å². The van der Waals surface area contributed by atoms with Crippen LogP contribution in [0.15, 0.2) is 73.1 Å². The Labute approximate surface area is 283 Å². The number of ether oxygens (including phenoxy) is 4. The number of carbonyl (C=O) groups excluding carboxylic acids is 3. The summed E-state index contributed by atoms with van der Waals surface area (Å²) in [6.07, 6.45) is 3.24. The monoisotopic (exact) mass is 663 g/mol. The van der Waals surface area contributed by atoms with Crippen molar-refractivity contribution in [2.45, 2.75) is 78.3 Å². The van der Waals surface area contributed by atoms with Crippen LogP contribution < -0.4 is 26.2 Å². The first-order chi connectivity index (χ1) is 22.7. The molecule has 2 aromatic carbocycles. The number of nitrogens with one attached hydrogen (secondary N) is 4. The van der Waals surface area contributed by atoms with Gasteiger partial charge in [-0.2, -0.15) is 0 Å². The number of benzene rings is 2. The van der Waals surface area contributed by atoms with E-state index in [0.29, 0.717) is 19.6 Å². The van der Waals surface area contributed by atoms with E-state index >= 15 is 0 Å². The maximum atomic E-state index is 12.4. The lowest BCUT2D eigenvalue weighted by Crippen LogP contribution is -2.56. The van der Waals surface area contributed by atoms with Crippen molar-refractivity contribution in [1.29, 1.82) is 0 Å². The smallest absolute Gasteiger partial charge is 0.407 e. The average Bonchev–Trinajstić information content (AvgIpc) is 3.89. The standard InChI is InChI=1S/C20H26N4O3.C16H23NO4/c1-20(2,3)17(23-19(26)27-4)18(25)24-22-13-14-5-7-15(8-6-14)16-9-11-21-12-10-16;1-16(2,3)21-15(18)17-13(14-10-20-14)9-11-5-7-12(19-4)8-6-11/h5-12,17,22H,13H2,1-4H3,(H,23,26)(H,24,25);5-8,13-14H,9-10H2,1-4H3,(H,17,18)/t;13-,14-/m.0/s1. The molecule has 3 atom stereocenters. The number of carbonyl (C=O) groups is 3. The topological polar surface area (TPSA) is 152 Å². The first-order valence-corrected chi connectivity index (χ1v) is 15.8. The molecule has 12 heteroatoms. The Balaban J connectivity index is 0.000000269. The maximum absolute atomic E-state index is 12.4. The van der Waals surface area contributed by atoms with Gasteiger partial charge in [-0.05, 0) is 79.1 Å². The van der Waals surface area contributed by atoms with E-state index in [4.69, 9.17) is 14.2 Å². The second kappa shape index (κ2) is 17.5. The molecule has 0 aliphatic carbocycles. The van der Waals surface area contributed by atoms with Crippen LogP contribution >= 0.6 is 0 Å². The van der Waals surface area contributed by atoms with Gasteiger partial charge in [-0.15, -0.1) is 0 Å². The molecule has 1 aromatic heterocycles. The molecule has 0 saturated carbocycles. The quantitative estimate of drug-likeness (QED) is 0.161. The van der Waals surface area contributed by atoms with Crippen LogP contribution in [-0.4, -0.2) is 67.7 Å². The van der Waals surface area contributed by atoms with Crippen molar-refractivity contribution in [2.24, 2.45) is 5.41 Å². The molecule has 4 rings (SSSR count). The number of rotatable bonds is 11. The number of hydrogen-bond donors (Lipinski definition) is 4. The first-order valence-electron chi connectivity index (χ1n) is 15.8. The molecule has 0 radical (unpaired) electrons. The van der Waals surface area contributed by atoms with Gasteiger partial charge in [0.1, 0.15) is 23.5 Å². The molecule has 260 valence electrons. The predicted octanol–water partition coefficient (Wildman–Crippen LogP) is 5.17. The van der Waals surface area contributed by atoms with Crippen LogP contribution in [0.4, 0.5) is 9.59 Å². The van der Waals surface area contributed by atoms with Crippen molar-refractivity contribution in [3.63, 3.8) is 0 Å². The highest BCUT2D eigenvalue weighted by atomic mass is 16.6. The molecule has 1 saturated heterocycles. The highest BCUT2D eigenvalue weighted by Gasteiger charge is 2.35. The van der Waals surface area contributed by atoms with Crippen molar-refractivity contribution in [2.75, 3.05) is 20.8 Å². The Morgan fingerprint density at radius 2 is 1.42 bits per heavy atom. The van der Waals surface area contributed by atoms with E-state index in [1.807, 2.05) is 102 Å². The fourth-order valence-corrected chi connectivity index (χ4v) is 4.55. The number of hydrazine groups is 1. The first kappa shape index (κ1) is 37.8. The zero-order valence-corrected chi connectivity index (χ0v) is 29.1. The Kier molecular flexibility index (Phi) is 13.7. The van der Waals surface area contributed by atoms with Crippen LogP contribution in [0, 0.1) is 5.41 Å². The summed E-state index contributed by atoms with van der Waals surface area (Å²) in [5, 5.41) is 5.46. The lowest BCUT2D eigenvalue weighted by atomic mass is 9.86. The van der Waals surface area contributed by atoms with Gasteiger partial charge in [0.2, 0.25) is 0 Å². The number of aromatic nitrogens is 1. The molecule has 4 N–H and O–H groups in total. The molecule has 1 aliphatic rings. The zero-order valence-electron chi connectivity index (χ0n) is 29.1. The average molecular weight is 664 g/mol. The van der Waals surface area contributed by atoms with Crippen LogP contribution in [-0.2, 0) is 32.0 Å². The molecule has 2 heterocycles. The highest BCUT2D eigenvalue weighted by Crippen LogP contribution is 2.22. The van der Waals surface area contributed by atoms with Gasteiger partial charge >= 0.3 is 12.2 Å². The van der Waals surface area contributed by atoms with E-state index in [1.165, 1.54) is 7.11 Å². The third-order valence-corrected chi connectivity index (χ3v) is 7.17. The number of methoxy groups -OCH3 is 2. The number of amides is 3. The second-order valence-corrected chi connectivity index (χ2v) is 13.4. The summed E-state index contributed by atoms with van der Waals surface area (Å²) in [4.78, 5) is 39.8. The van der Waals surface area contributed by atoms with Crippen molar-refractivity contribution >= 4 is 18.1 Å². The Hall–Kier alpha value is -4.68. The fraction of sp³-hybridized carbons (Fsp3) is 0.444. The zero-order chi connectivity index (χ0) is 35.3. The van der Waals surface area contributed by atoms with E-state index in [9.17, 15) is 14.4 Å². The van der Waals surface area contributed by atoms with E-state index in [2.05, 4.69) is 31.2 Å². The summed E-state index contributed by atoms with van der Waals surface area (Å²) in [5.74, 6) is 0.486. The third-order valence-electron chi connectivity index (χ3n) is 7.17. The summed E-state index contributed by atoms with van der Waals surface area (Å²) in [5.41, 5.74) is 8.91. The molecule has 48 heavy (non-hydrogen) atoms. The summed E-state index contributed by atoms with van der Waals surface area (Å²) >= 11 is 0. The van der Waals surface area contributed by atoms with E-state index < -0.39 is 29.2 Å². The van der Waals surface area contributed by atoms with Gasteiger partial charge in [-0.1, -0.05) is 57.2 Å².